The highest BCUT2D eigenvalue weighted by Gasteiger charge is 2.41. The summed E-state index contributed by atoms with van der Waals surface area (Å²) in [5.74, 6) is 0.677. The maximum Gasteiger partial charge on any atom is 0.0976 e. The van der Waals surface area contributed by atoms with Gasteiger partial charge in [-0.1, -0.05) is 36.8 Å². The second kappa shape index (κ2) is 5.12. The summed E-state index contributed by atoms with van der Waals surface area (Å²) in [4.78, 5) is 0. The molecule has 1 aromatic rings. The molecule has 2 rings (SSSR count). The van der Waals surface area contributed by atoms with Crippen molar-refractivity contribution in [1.29, 1.82) is 5.26 Å². The highest BCUT2D eigenvalue weighted by Crippen LogP contribution is 2.46. The molecule has 1 aromatic carbocycles. The molecule has 0 spiro atoms. The highest BCUT2D eigenvalue weighted by molar-refractivity contribution is 5.26. The Kier molecular flexibility index (Phi) is 3.73. The average Bonchev–Trinajstić information content (AvgIpc) is 2.40. The monoisotopic (exact) mass is 243 g/mol. The molecule has 18 heavy (non-hydrogen) atoms. The van der Waals surface area contributed by atoms with Crippen molar-refractivity contribution in [3.05, 3.63) is 35.4 Å². The van der Waals surface area contributed by atoms with E-state index in [1.165, 1.54) is 5.56 Å². The van der Waals surface area contributed by atoms with Gasteiger partial charge in [-0.25, -0.2) is 0 Å². The first-order valence-corrected chi connectivity index (χ1v) is 6.73. The van der Waals surface area contributed by atoms with Gasteiger partial charge in [0.2, 0.25) is 0 Å². The van der Waals surface area contributed by atoms with Gasteiger partial charge in [-0.05, 0) is 44.1 Å². The van der Waals surface area contributed by atoms with Crippen LogP contribution in [0.1, 0.15) is 49.8 Å². The van der Waals surface area contributed by atoms with Gasteiger partial charge in [0.05, 0.1) is 17.6 Å². The molecule has 0 saturated heterocycles. The Hall–Kier alpha value is -1.33. The zero-order valence-corrected chi connectivity index (χ0v) is 11.2. The summed E-state index contributed by atoms with van der Waals surface area (Å²) >= 11 is 0. The fourth-order valence-electron chi connectivity index (χ4n) is 2.79. The van der Waals surface area contributed by atoms with Crippen LogP contribution >= 0.6 is 0 Å². The second-order valence-corrected chi connectivity index (χ2v) is 5.76. The molecule has 1 aliphatic rings. The Morgan fingerprint density at radius 3 is 2.33 bits per heavy atom. The first-order chi connectivity index (χ1) is 8.57. The normalized spacial score (nSPS) is 29.6. The molecule has 1 unspecified atom stereocenters. The van der Waals surface area contributed by atoms with Crippen LogP contribution in [0.15, 0.2) is 24.3 Å². The molecule has 1 fully saturated rings. The molecule has 1 saturated carbocycles. The van der Waals surface area contributed by atoms with Gasteiger partial charge in [0.1, 0.15) is 0 Å². The first-order valence-electron chi connectivity index (χ1n) is 6.73. The van der Waals surface area contributed by atoms with Crippen molar-refractivity contribution < 1.29 is 5.11 Å². The van der Waals surface area contributed by atoms with Crippen LogP contribution in [0.5, 0.6) is 0 Å². The van der Waals surface area contributed by atoms with E-state index in [1.54, 1.807) is 0 Å². The predicted molar refractivity (Wildman–Crippen MR) is 71.8 cm³/mol. The van der Waals surface area contributed by atoms with Gasteiger partial charge in [0, 0.05) is 0 Å². The van der Waals surface area contributed by atoms with E-state index in [0.717, 1.165) is 31.2 Å². The summed E-state index contributed by atoms with van der Waals surface area (Å²) in [6.07, 6.45) is 3.03. The molecule has 1 atom stereocenters. The third-order valence-corrected chi connectivity index (χ3v) is 4.31. The van der Waals surface area contributed by atoms with Crippen LogP contribution in [-0.2, 0) is 0 Å². The highest BCUT2D eigenvalue weighted by atomic mass is 16.3. The maximum atomic E-state index is 10.6. The molecule has 2 heteroatoms. The molecular weight excluding hydrogens is 222 g/mol. The Labute approximate surface area is 109 Å². The lowest BCUT2D eigenvalue weighted by Gasteiger charge is -2.37. The lowest BCUT2D eigenvalue weighted by molar-refractivity contribution is 0.0266. The number of hydrogen-bond donors (Lipinski definition) is 1. The van der Waals surface area contributed by atoms with Crippen LogP contribution in [0.3, 0.4) is 0 Å². The molecule has 0 heterocycles. The van der Waals surface area contributed by atoms with Gasteiger partial charge in [-0.2, -0.15) is 5.26 Å². The number of hydrogen-bond acceptors (Lipinski definition) is 2. The van der Waals surface area contributed by atoms with Gasteiger partial charge in [0.15, 0.2) is 0 Å². The van der Waals surface area contributed by atoms with Crippen molar-refractivity contribution in [2.45, 2.75) is 45.6 Å². The SMILES string of the molecule is Cc1ccc(C(O)C2(C#N)CCC(C)CC2)cc1. The molecule has 96 valence electrons. The fraction of sp³-hybridized carbons (Fsp3) is 0.562. The van der Waals surface area contributed by atoms with Crippen LogP contribution in [0.4, 0.5) is 0 Å². The zero-order chi connectivity index (χ0) is 13.2. The van der Waals surface area contributed by atoms with E-state index in [2.05, 4.69) is 13.0 Å². The van der Waals surface area contributed by atoms with Gasteiger partial charge < -0.3 is 5.11 Å². The summed E-state index contributed by atoms with van der Waals surface area (Å²) in [6, 6.07) is 10.3. The Morgan fingerprint density at radius 1 is 1.28 bits per heavy atom. The lowest BCUT2D eigenvalue weighted by atomic mass is 9.67. The van der Waals surface area contributed by atoms with E-state index in [-0.39, 0.29) is 0 Å². The summed E-state index contributed by atoms with van der Waals surface area (Å²) in [7, 11) is 0. The standard InChI is InChI=1S/C16H21NO/c1-12-3-5-14(6-4-12)15(18)16(11-17)9-7-13(2)8-10-16/h3-6,13,15,18H,7-10H2,1-2H3. The van der Waals surface area contributed by atoms with E-state index in [4.69, 9.17) is 0 Å². The van der Waals surface area contributed by atoms with Gasteiger partial charge in [0.25, 0.3) is 0 Å². The predicted octanol–water partition coefficient (Wildman–Crippen LogP) is 3.75. The fourth-order valence-corrected chi connectivity index (χ4v) is 2.79. The molecule has 1 aliphatic carbocycles. The number of aliphatic hydroxyl groups is 1. The van der Waals surface area contributed by atoms with Crippen molar-refractivity contribution >= 4 is 0 Å². The van der Waals surface area contributed by atoms with Crippen LogP contribution in [0, 0.1) is 29.6 Å². The van der Waals surface area contributed by atoms with Gasteiger partial charge >= 0.3 is 0 Å². The number of nitrogens with zero attached hydrogens (tertiary/aromatic N) is 1. The number of nitriles is 1. The minimum Gasteiger partial charge on any atom is -0.387 e. The smallest absolute Gasteiger partial charge is 0.0976 e. The molecule has 2 nitrogen and oxygen atoms in total. The van der Waals surface area contributed by atoms with Crippen molar-refractivity contribution in [2.24, 2.45) is 11.3 Å². The third kappa shape index (κ3) is 2.42. The molecule has 0 bridgehead atoms. The molecule has 0 aliphatic heterocycles. The molecule has 0 radical (unpaired) electrons. The van der Waals surface area contributed by atoms with Crippen molar-refractivity contribution in [1.82, 2.24) is 0 Å². The van der Waals surface area contributed by atoms with E-state index >= 15 is 0 Å². The van der Waals surface area contributed by atoms with Crippen LogP contribution < -0.4 is 0 Å². The van der Waals surface area contributed by atoms with Crippen LogP contribution in [-0.4, -0.2) is 5.11 Å². The van der Waals surface area contributed by atoms with Crippen molar-refractivity contribution in [3.8, 4) is 6.07 Å². The number of benzene rings is 1. The van der Waals surface area contributed by atoms with E-state index in [1.807, 2.05) is 31.2 Å². The summed E-state index contributed by atoms with van der Waals surface area (Å²) in [6.45, 7) is 4.25. The van der Waals surface area contributed by atoms with Crippen LogP contribution in [0.2, 0.25) is 0 Å². The molecule has 1 N–H and O–H groups in total. The first kappa shape index (κ1) is 13.1. The Bertz CT molecular complexity index is 435. The van der Waals surface area contributed by atoms with Crippen LogP contribution in [0.25, 0.3) is 0 Å². The van der Waals surface area contributed by atoms with E-state index in [0.29, 0.717) is 5.92 Å². The van der Waals surface area contributed by atoms with Gasteiger partial charge in [-0.15, -0.1) is 0 Å². The second-order valence-electron chi connectivity index (χ2n) is 5.76. The summed E-state index contributed by atoms with van der Waals surface area (Å²) in [5.41, 5.74) is 1.47. The number of aliphatic hydroxyl groups excluding tert-OH is 1. The minimum atomic E-state index is -0.657. The Morgan fingerprint density at radius 2 is 1.83 bits per heavy atom. The third-order valence-electron chi connectivity index (χ3n) is 4.31. The summed E-state index contributed by atoms with van der Waals surface area (Å²) < 4.78 is 0. The molecule has 0 aromatic heterocycles. The lowest BCUT2D eigenvalue weighted by Crippen LogP contribution is -2.32. The summed E-state index contributed by atoms with van der Waals surface area (Å²) in [5, 5.41) is 20.1. The maximum absolute atomic E-state index is 10.6. The quantitative estimate of drug-likeness (QED) is 0.859. The molecule has 0 amide bonds. The zero-order valence-electron chi connectivity index (χ0n) is 11.2. The average molecular weight is 243 g/mol. The minimum absolute atomic E-state index is 0.582. The number of aryl methyl sites for hydroxylation is 1. The largest absolute Gasteiger partial charge is 0.387 e. The van der Waals surface area contributed by atoms with E-state index < -0.39 is 11.5 Å². The molecular formula is C16H21NO. The van der Waals surface area contributed by atoms with E-state index in [9.17, 15) is 10.4 Å². The van der Waals surface area contributed by atoms with Crippen molar-refractivity contribution in [2.75, 3.05) is 0 Å². The van der Waals surface area contributed by atoms with Crippen molar-refractivity contribution in [3.63, 3.8) is 0 Å². The number of rotatable bonds is 2. The topological polar surface area (TPSA) is 44.0 Å². The Balaban J connectivity index is 2.23. The van der Waals surface area contributed by atoms with Gasteiger partial charge in [-0.3, -0.25) is 0 Å².